The minimum atomic E-state index is -0.396. The van der Waals surface area contributed by atoms with Gasteiger partial charge in [0.05, 0.1) is 7.11 Å². The Kier molecular flexibility index (Phi) is 6.40. The highest BCUT2D eigenvalue weighted by molar-refractivity contribution is 7.98. The number of thioether (sulfide) groups is 1. The number of ether oxygens (including phenoxy) is 1. The second-order valence-electron chi connectivity index (χ2n) is 3.51. The Hall–Kier alpha value is -1.29. The van der Waals surface area contributed by atoms with Crippen molar-refractivity contribution in [3.05, 3.63) is 35.9 Å². The fraction of sp³-hybridized carbons (Fsp3) is 0.385. The summed E-state index contributed by atoms with van der Waals surface area (Å²) < 4.78 is 4.74. The van der Waals surface area contributed by atoms with Crippen LogP contribution in [0.15, 0.2) is 35.3 Å². The van der Waals surface area contributed by atoms with Crippen LogP contribution in [0.1, 0.15) is 12.0 Å². The molecule has 0 aliphatic carbocycles. The van der Waals surface area contributed by atoms with E-state index < -0.39 is 6.04 Å². The summed E-state index contributed by atoms with van der Waals surface area (Å²) in [4.78, 5) is 15.8. The second-order valence-corrected chi connectivity index (χ2v) is 4.49. The van der Waals surface area contributed by atoms with Crippen LogP contribution >= 0.6 is 11.8 Å². The standard InChI is InChI=1S/C13H17NO2S/c1-16-13(15)12(8-9-17-2)14-10-11-6-4-3-5-7-11/h3-7,10,12H,8-9H2,1-2H3/t12-/m0/s1. The average molecular weight is 251 g/mol. The Balaban J connectivity index is 2.65. The van der Waals surface area contributed by atoms with Crippen LogP contribution in [0.5, 0.6) is 0 Å². The maximum Gasteiger partial charge on any atom is 0.330 e. The number of esters is 1. The van der Waals surface area contributed by atoms with Crippen molar-refractivity contribution in [3.63, 3.8) is 0 Å². The maximum absolute atomic E-state index is 11.5. The lowest BCUT2D eigenvalue weighted by Crippen LogP contribution is -2.21. The summed E-state index contributed by atoms with van der Waals surface area (Å²) in [7, 11) is 1.40. The fourth-order valence-electron chi connectivity index (χ4n) is 1.33. The number of hydrogen-bond acceptors (Lipinski definition) is 4. The van der Waals surface area contributed by atoms with E-state index in [1.807, 2.05) is 36.6 Å². The van der Waals surface area contributed by atoms with Crippen molar-refractivity contribution in [1.82, 2.24) is 0 Å². The molecule has 1 aromatic carbocycles. The predicted molar refractivity (Wildman–Crippen MR) is 72.8 cm³/mol. The van der Waals surface area contributed by atoms with Crippen LogP contribution in [0.25, 0.3) is 0 Å². The smallest absolute Gasteiger partial charge is 0.330 e. The average Bonchev–Trinajstić information content (AvgIpc) is 2.39. The van der Waals surface area contributed by atoms with Crippen LogP contribution in [0.4, 0.5) is 0 Å². The Labute approximate surface area is 106 Å². The number of carbonyl (C=O) groups is 1. The molecule has 92 valence electrons. The van der Waals surface area contributed by atoms with Crippen LogP contribution in [0, 0.1) is 0 Å². The molecule has 4 heteroatoms. The van der Waals surface area contributed by atoms with Gasteiger partial charge in [-0.15, -0.1) is 0 Å². The molecular weight excluding hydrogens is 234 g/mol. The van der Waals surface area contributed by atoms with Gasteiger partial charge in [-0.1, -0.05) is 30.3 Å². The third-order valence-corrected chi connectivity index (χ3v) is 2.92. The first-order valence-electron chi connectivity index (χ1n) is 5.43. The zero-order valence-electron chi connectivity index (χ0n) is 10.1. The quantitative estimate of drug-likeness (QED) is 0.575. The molecule has 0 aliphatic rings. The van der Waals surface area contributed by atoms with Crippen LogP contribution in [-0.2, 0) is 9.53 Å². The van der Waals surface area contributed by atoms with Gasteiger partial charge >= 0.3 is 5.97 Å². The SMILES string of the molecule is COC(=O)[C@H](CCSC)N=Cc1ccccc1. The molecule has 1 atom stereocenters. The van der Waals surface area contributed by atoms with Gasteiger partial charge in [-0.25, -0.2) is 4.79 Å². The Bertz CT molecular complexity index is 365. The van der Waals surface area contributed by atoms with Crippen molar-refractivity contribution in [2.75, 3.05) is 19.1 Å². The van der Waals surface area contributed by atoms with Gasteiger partial charge in [0.15, 0.2) is 0 Å². The van der Waals surface area contributed by atoms with Gasteiger partial charge in [0.1, 0.15) is 6.04 Å². The molecule has 0 aromatic heterocycles. The molecule has 0 N–H and O–H groups in total. The van der Waals surface area contributed by atoms with E-state index in [1.165, 1.54) is 7.11 Å². The van der Waals surface area contributed by atoms with Crippen LogP contribution in [0.3, 0.4) is 0 Å². The monoisotopic (exact) mass is 251 g/mol. The predicted octanol–water partition coefficient (Wildman–Crippen LogP) is 2.40. The highest BCUT2D eigenvalue weighted by atomic mass is 32.2. The summed E-state index contributed by atoms with van der Waals surface area (Å²) in [6.45, 7) is 0. The first kappa shape index (κ1) is 13.8. The number of carbonyl (C=O) groups excluding carboxylic acids is 1. The molecular formula is C13H17NO2S. The molecule has 0 saturated heterocycles. The van der Waals surface area contributed by atoms with E-state index in [1.54, 1.807) is 18.0 Å². The van der Waals surface area contributed by atoms with Crippen LogP contribution < -0.4 is 0 Å². The number of benzene rings is 1. The topological polar surface area (TPSA) is 38.7 Å². The summed E-state index contributed by atoms with van der Waals surface area (Å²) in [5, 5.41) is 0. The number of nitrogens with zero attached hydrogens (tertiary/aromatic N) is 1. The molecule has 17 heavy (non-hydrogen) atoms. The molecule has 0 saturated carbocycles. The first-order chi connectivity index (χ1) is 8.27. The van der Waals surface area contributed by atoms with Crippen LogP contribution in [-0.4, -0.2) is 37.3 Å². The lowest BCUT2D eigenvalue weighted by atomic mass is 10.2. The summed E-state index contributed by atoms with van der Waals surface area (Å²) in [6, 6.07) is 9.33. The Morgan fingerprint density at radius 3 is 2.76 bits per heavy atom. The Morgan fingerprint density at radius 2 is 2.18 bits per heavy atom. The number of aliphatic imine (C=N–C) groups is 1. The van der Waals surface area contributed by atoms with E-state index in [0.29, 0.717) is 6.42 Å². The molecule has 3 nitrogen and oxygen atoms in total. The maximum atomic E-state index is 11.5. The van der Waals surface area contributed by atoms with Crippen molar-refractivity contribution in [1.29, 1.82) is 0 Å². The van der Waals surface area contributed by atoms with Gasteiger partial charge in [0.25, 0.3) is 0 Å². The van der Waals surface area contributed by atoms with Gasteiger partial charge in [-0.05, 0) is 24.0 Å². The molecule has 0 radical (unpaired) electrons. The Morgan fingerprint density at radius 1 is 1.47 bits per heavy atom. The molecule has 0 bridgehead atoms. The summed E-state index contributed by atoms with van der Waals surface area (Å²) in [5.74, 6) is 0.623. The minimum Gasteiger partial charge on any atom is -0.467 e. The van der Waals surface area contributed by atoms with Gasteiger partial charge in [-0.3, -0.25) is 4.99 Å². The molecule has 0 spiro atoms. The zero-order chi connectivity index (χ0) is 12.5. The molecule has 1 rings (SSSR count). The van der Waals surface area contributed by atoms with Gasteiger partial charge in [-0.2, -0.15) is 11.8 Å². The lowest BCUT2D eigenvalue weighted by Gasteiger charge is -2.08. The van der Waals surface area contributed by atoms with Crippen LogP contribution in [0.2, 0.25) is 0 Å². The first-order valence-corrected chi connectivity index (χ1v) is 6.82. The van der Waals surface area contributed by atoms with E-state index in [2.05, 4.69) is 4.99 Å². The van der Waals surface area contributed by atoms with E-state index in [4.69, 9.17) is 4.74 Å². The van der Waals surface area contributed by atoms with E-state index in [9.17, 15) is 4.79 Å². The molecule has 0 unspecified atom stereocenters. The minimum absolute atomic E-state index is 0.272. The summed E-state index contributed by atoms with van der Waals surface area (Å²) in [6.07, 6.45) is 4.44. The van der Waals surface area contributed by atoms with Crippen molar-refractivity contribution in [3.8, 4) is 0 Å². The third kappa shape index (κ3) is 5.04. The number of hydrogen-bond donors (Lipinski definition) is 0. The highest BCUT2D eigenvalue weighted by Crippen LogP contribution is 2.06. The van der Waals surface area contributed by atoms with Crippen molar-refractivity contribution >= 4 is 23.9 Å². The van der Waals surface area contributed by atoms with E-state index in [-0.39, 0.29) is 5.97 Å². The molecule has 0 amide bonds. The van der Waals surface area contributed by atoms with Gasteiger partial charge in [0.2, 0.25) is 0 Å². The largest absolute Gasteiger partial charge is 0.467 e. The number of rotatable bonds is 6. The summed E-state index contributed by atoms with van der Waals surface area (Å²) >= 11 is 1.70. The van der Waals surface area contributed by atoms with Crippen molar-refractivity contribution in [2.45, 2.75) is 12.5 Å². The zero-order valence-corrected chi connectivity index (χ0v) is 10.9. The van der Waals surface area contributed by atoms with E-state index >= 15 is 0 Å². The third-order valence-electron chi connectivity index (χ3n) is 2.27. The lowest BCUT2D eigenvalue weighted by molar-refractivity contribution is -0.142. The summed E-state index contributed by atoms with van der Waals surface area (Å²) in [5.41, 5.74) is 0.991. The number of methoxy groups -OCH3 is 1. The van der Waals surface area contributed by atoms with E-state index in [0.717, 1.165) is 11.3 Å². The van der Waals surface area contributed by atoms with Gasteiger partial charge < -0.3 is 4.74 Å². The van der Waals surface area contributed by atoms with Crippen molar-refractivity contribution in [2.24, 2.45) is 4.99 Å². The molecule has 0 heterocycles. The molecule has 0 fully saturated rings. The fourth-order valence-corrected chi connectivity index (χ4v) is 1.79. The molecule has 1 aromatic rings. The normalized spacial score (nSPS) is 12.6. The highest BCUT2D eigenvalue weighted by Gasteiger charge is 2.16. The second kappa shape index (κ2) is 7.90. The van der Waals surface area contributed by atoms with Gasteiger partial charge in [0, 0.05) is 6.21 Å². The van der Waals surface area contributed by atoms with Crippen molar-refractivity contribution < 1.29 is 9.53 Å². The molecule has 0 aliphatic heterocycles.